The van der Waals surface area contributed by atoms with Gasteiger partial charge in [-0.3, -0.25) is 4.79 Å². The number of ketones is 1. The zero-order chi connectivity index (χ0) is 15.9. The summed E-state index contributed by atoms with van der Waals surface area (Å²) in [6.07, 6.45) is 0. The molecule has 0 saturated carbocycles. The van der Waals surface area contributed by atoms with Crippen LogP contribution in [0, 0.1) is 13.8 Å². The fourth-order valence-electron chi connectivity index (χ4n) is 2.41. The van der Waals surface area contributed by atoms with Crippen molar-refractivity contribution in [3.63, 3.8) is 0 Å². The van der Waals surface area contributed by atoms with Gasteiger partial charge >= 0.3 is 0 Å². The zero-order valence-electron chi connectivity index (χ0n) is 12.7. The van der Waals surface area contributed by atoms with Crippen molar-refractivity contribution >= 4 is 16.8 Å². The average Bonchev–Trinajstić information content (AvgIpc) is 3.08. The first-order valence-electron chi connectivity index (χ1n) is 6.68. The van der Waals surface area contributed by atoms with E-state index < -0.39 is 0 Å². The normalized spacial score (nSPS) is 10.9. The van der Waals surface area contributed by atoms with E-state index in [1.165, 1.54) is 0 Å². The van der Waals surface area contributed by atoms with Gasteiger partial charge in [0, 0.05) is 11.5 Å². The van der Waals surface area contributed by atoms with Crippen LogP contribution >= 0.6 is 0 Å². The van der Waals surface area contributed by atoms with E-state index in [0.29, 0.717) is 34.1 Å². The summed E-state index contributed by atoms with van der Waals surface area (Å²) < 4.78 is 21.2. The maximum Gasteiger partial charge on any atom is 0.233 e. The Balaban J connectivity index is 2.11. The molecule has 3 aromatic rings. The standard InChI is InChI=1S/C16H15NO5/c1-8-15(9(2)22-17-8)16(18)14-6-10-5-12(19-3)13(20-4)7-11(10)21-14/h5-7H,1-4H3. The van der Waals surface area contributed by atoms with Gasteiger partial charge in [-0.1, -0.05) is 5.16 Å². The van der Waals surface area contributed by atoms with Crippen LogP contribution < -0.4 is 9.47 Å². The molecule has 3 rings (SSSR count). The molecule has 0 N–H and O–H groups in total. The lowest BCUT2D eigenvalue weighted by molar-refractivity contribution is 0.101. The summed E-state index contributed by atoms with van der Waals surface area (Å²) in [5.41, 5.74) is 1.52. The fraction of sp³-hybridized carbons (Fsp3) is 0.250. The van der Waals surface area contributed by atoms with Crippen LogP contribution in [0.25, 0.3) is 11.0 Å². The molecule has 6 nitrogen and oxygen atoms in total. The van der Waals surface area contributed by atoms with Crippen molar-refractivity contribution in [2.45, 2.75) is 13.8 Å². The van der Waals surface area contributed by atoms with Crippen molar-refractivity contribution < 1.29 is 23.2 Å². The zero-order valence-corrected chi connectivity index (χ0v) is 12.7. The van der Waals surface area contributed by atoms with Gasteiger partial charge < -0.3 is 18.4 Å². The predicted octanol–water partition coefficient (Wildman–Crippen LogP) is 3.29. The summed E-state index contributed by atoms with van der Waals surface area (Å²) in [4.78, 5) is 12.6. The molecule has 6 heteroatoms. The molecule has 0 unspecified atom stereocenters. The molecule has 0 aliphatic rings. The summed E-state index contributed by atoms with van der Waals surface area (Å²) in [5, 5.41) is 4.55. The van der Waals surface area contributed by atoms with Gasteiger partial charge in [0.1, 0.15) is 11.3 Å². The van der Waals surface area contributed by atoms with E-state index in [2.05, 4.69) is 5.16 Å². The molecule has 0 spiro atoms. The summed E-state index contributed by atoms with van der Waals surface area (Å²) >= 11 is 0. The molecule has 22 heavy (non-hydrogen) atoms. The van der Waals surface area contributed by atoms with Crippen LogP contribution in [0.4, 0.5) is 0 Å². The summed E-state index contributed by atoms with van der Waals surface area (Å²) in [6.45, 7) is 3.42. The topological polar surface area (TPSA) is 74.7 Å². The molecular weight excluding hydrogens is 286 g/mol. The number of carbonyl (C=O) groups is 1. The largest absolute Gasteiger partial charge is 0.493 e. The highest BCUT2D eigenvalue weighted by molar-refractivity contribution is 6.10. The number of hydrogen-bond acceptors (Lipinski definition) is 6. The SMILES string of the molecule is COc1cc2cc(C(=O)c3c(C)noc3C)oc2cc1OC. The van der Waals surface area contributed by atoms with Gasteiger partial charge in [-0.25, -0.2) is 0 Å². The van der Waals surface area contributed by atoms with Gasteiger partial charge in [0.15, 0.2) is 17.3 Å². The molecule has 1 aromatic carbocycles. The minimum Gasteiger partial charge on any atom is -0.493 e. The van der Waals surface area contributed by atoms with Crippen LogP contribution in [0.2, 0.25) is 0 Å². The van der Waals surface area contributed by atoms with E-state index in [0.717, 1.165) is 5.39 Å². The van der Waals surface area contributed by atoms with Crippen molar-refractivity contribution in [2.24, 2.45) is 0 Å². The molecular formula is C16H15NO5. The van der Waals surface area contributed by atoms with Crippen molar-refractivity contribution in [3.05, 3.63) is 41.0 Å². The molecule has 2 heterocycles. The Morgan fingerprint density at radius 3 is 2.36 bits per heavy atom. The number of rotatable bonds is 4. The van der Waals surface area contributed by atoms with Gasteiger partial charge in [-0.15, -0.1) is 0 Å². The molecule has 0 bridgehead atoms. The first-order chi connectivity index (χ1) is 10.5. The molecule has 0 saturated heterocycles. The van der Waals surface area contributed by atoms with Crippen LogP contribution in [-0.2, 0) is 0 Å². The Labute approximate surface area is 126 Å². The number of furan rings is 1. The van der Waals surface area contributed by atoms with Crippen LogP contribution in [0.15, 0.2) is 27.1 Å². The maximum absolute atomic E-state index is 12.6. The molecule has 0 aliphatic heterocycles. The number of methoxy groups -OCH3 is 2. The molecule has 0 atom stereocenters. The number of benzene rings is 1. The van der Waals surface area contributed by atoms with Gasteiger partial charge in [0.05, 0.1) is 25.5 Å². The molecule has 114 valence electrons. The number of carbonyl (C=O) groups excluding carboxylic acids is 1. The third-order valence-electron chi connectivity index (χ3n) is 3.51. The summed E-state index contributed by atoms with van der Waals surface area (Å²) in [5.74, 6) is 1.55. The lowest BCUT2D eigenvalue weighted by atomic mass is 10.1. The van der Waals surface area contributed by atoms with E-state index in [1.807, 2.05) is 0 Å². The molecule has 0 radical (unpaired) electrons. The molecule has 2 aromatic heterocycles. The molecule has 0 aliphatic carbocycles. The van der Waals surface area contributed by atoms with E-state index in [-0.39, 0.29) is 11.5 Å². The van der Waals surface area contributed by atoms with E-state index >= 15 is 0 Å². The van der Waals surface area contributed by atoms with Gasteiger partial charge in [-0.05, 0) is 26.0 Å². The second-order valence-electron chi connectivity index (χ2n) is 4.88. The Kier molecular flexibility index (Phi) is 3.36. The molecule has 0 fully saturated rings. The van der Waals surface area contributed by atoms with Gasteiger partial charge in [-0.2, -0.15) is 0 Å². The average molecular weight is 301 g/mol. The number of hydrogen-bond donors (Lipinski definition) is 0. The second kappa shape index (κ2) is 5.22. The number of aromatic nitrogens is 1. The Bertz CT molecular complexity index is 798. The first kappa shape index (κ1) is 14.2. The first-order valence-corrected chi connectivity index (χ1v) is 6.68. The molecule has 0 amide bonds. The van der Waals surface area contributed by atoms with Crippen molar-refractivity contribution in [2.75, 3.05) is 14.2 Å². The van der Waals surface area contributed by atoms with Crippen LogP contribution in [0.3, 0.4) is 0 Å². The highest BCUT2D eigenvalue weighted by Gasteiger charge is 2.23. The Morgan fingerprint density at radius 2 is 1.77 bits per heavy atom. The third-order valence-corrected chi connectivity index (χ3v) is 3.51. The number of aryl methyl sites for hydroxylation is 2. The van der Waals surface area contributed by atoms with Gasteiger partial charge in [0.25, 0.3) is 0 Å². The Hall–Kier alpha value is -2.76. The summed E-state index contributed by atoms with van der Waals surface area (Å²) in [6, 6.07) is 5.13. The van der Waals surface area contributed by atoms with E-state index in [4.69, 9.17) is 18.4 Å². The van der Waals surface area contributed by atoms with Crippen molar-refractivity contribution in [1.29, 1.82) is 0 Å². The maximum atomic E-state index is 12.6. The minimum atomic E-state index is -0.259. The van der Waals surface area contributed by atoms with Crippen molar-refractivity contribution in [1.82, 2.24) is 5.16 Å². The van der Waals surface area contributed by atoms with Gasteiger partial charge in [0.2, 0.25) is 5.78 Å². The van der Waals surface area contributed by atoms with E-state index in [9.17, 15) is 4.79 Å². The lowest BCUT2D eigenvalue weighted by Crippen LogP contribution is -2.02. The van der Waals surface area contributed by atoms with E-state index in [1.54, 1.807) is 46.3 Å². The van der Waals surface area contributed by atoms with Crippen LogP contribution in [0.1, 0.15) is 27.6 Å². The third kappa shape index (κ3) is 2.13. The van der Waals surface area contributed by atoms with Crippen LogP contribution in [0.5, 0.6) is 11.5 Å². The summed E-state index contributed by atoms with van der Waals surface area (Å²) in [7, 11) is 3.10. The number of fused-ring (bicyclic) bond motifs is 1. The second-order valence-corrected chi connectivity index (χ2v) is 4.88. The highest BCUT2D eigenvalue weighted by Crippen LogP contribution is 2.34. The number of nitrogens with zero attached hydrogens (tertiary/aromatic N) is 1. The highest BCUT2D eigenvalue weighted by atomic mass is 16.5. The minimum absolute atomic E-state index is 0.222. The quantitative estimate of drug-likeness (QED) is 0.688. The van der Waals surface area contributed by atoms with Crippen molar-refractivity contribution in [3.8, 4) is 11.5 Å². The monoisotopic (exact) mass is 301 g/mol. The Morgan fingerprint density at radius 1 is 1.09 bits per heavy atom. The predicted molar refractivity (Wildman–Crippen MR) is 78.7 cm³/mol. The van der Waals surface area contributed by atoms with Crippen LogP contribution in [-0.4, -0.2) is 25.2 Å². The lowest BCUT2D eigenvalue weighted by Gasteiger charge is -2.06. The smallest absolute Gasteiger partial charge is 0.233 e. The number of ether oxygens (including phenoxy) is 2. The fourth-order valence-corrected chi connectivity index (χ4v) is 2.41.